The summed E-state index contributed by atoms with van der Waals surface area (Å²) >= 11 is 0. The summed E-state index contributed by atoms with van der Waals surface area (Å²) in [6.07, 6.45) is 3.91. The number of carbonyl (C=O) groups excluding carboxylic acids is 2. The zero-order chi connectivity index (χ0) is 13.8. The molecule has 0 spiro atoms. The molecule has 0 bridgehead atoms. The van der Waals surface area contributed by atoms with E-state index in [0.29, 0.717) is 32.5 Å². The quantitative estimate of drug-likeness (QED) is 0.572. The van der Waals surface area contributed by atoms with E-state index in [-0.39, 0.29) is 18.4 Å². The van der Waals surface area contributed by atoms with E-state index < -0.39 is 0 Å². The van der Waals surface area contributed by atoms with Crippen LogP contribution in [0.1, 0.15) is 46.0 Å². The van der Waals surface area contributed by atoms with E-state index >= 15 is 0 Å². The summed E-state index contributed by atoms with van der Waals surface area (Å²) < 4.78 is 0. The monoisotopic (exact) mass is 258 g/mol. The van der Waals surface area contributed by atoms with E-state index in [1.807, 2.05) is 6.92 Å². The van der Waals surface area contributed by atoms with Crippen LogP contribution in [0.4, 0.5) is 0 Å². The molecule has 0 fully saturated rings. The first-order valence-electron chi connectivity index (χ1n) is 6.74. The molecule has 5 nitrogen and oxygen atoms in total. The molecule has 0 aliphatic heterocycles. The molecular formula is C13H26N2O3. The Morgan fingerprint density at radius 3 is 2.44 bits per heavy atom. The number of hydrogen-bond acceptors (Lipinski definition) is 3. The largest absolute Gasteiger partial charge is 0.396 e. The van der Waals surface area contributed by atoms with E-state index in [1.54, 1.807) is 4.90 Å². The number of amides is 2. The van der Waals surface area contributed by atoms with Gasteiger partial charge in [-0.25, -0.2) is 0 Å². The van der Waals surface area contributed by atoms with Gasteiger partial charge >= 0.3 is 0 Å². The van der Waals surface area contributed by atoms with Crippen molar-refractivity contribution in [2.75, 3.05) is 26.2 Å². The first-order valence-corrected chi connectivity index (χ1v) is 6.74. The van der Waals surface area contributed by atoms with Crippen molar-refractivity contribution in [1.82, 2.24) is 10.2 Å². The normalized spacial score (nSPS) is 10.2. The molecule has 0 radical (unpaired) electrons. The molecule has 0 aromatic rings. The molecule has 0 aromatic carbocycles. The SMILES string of the molecule is CCN(CCCO)C(=O)CCCCCNC(C)=O. The maximum atomic E-state index is 11.8. The van der Waals surface area contributed by atoms with Gasteiger partial charge in [0.25, 0.3) is 0 Å². The average molecular weight is 258 g/mol. The summed E-state index contributed by atoms with van der Waals surface area (Å²) in [6.45, 7) is 5.60. The second-order valence-corrected chi connectivity index (χ2v) is 4.34. The smallest absolute Gasteiger partial charge is 0.222 e. The fourth-order valence-corrected chi connectivity index (χ4v) is 1.72. The molecule has 0 saturated carbocycles. The van der Waals surface area contributed by atoms with Crippen LogP contribution in [0.15, 0.2) is 0 Å². The molecule has 2 N–H and O–H groups in total. The summed E-state index contributed by atoms with van der Waals surface area (Å²) in [5.41, 5.74) is 0. The van der Waals surface area contributed by atoms with Crippen molar-refractivity contribution in [1.29, 1.82) is 0 Å². The molecule has 0 saturated heterocycles. The van der Waals surface area contributed by atoms with E-state index in [4.69, 9.17) is 5.11 Å². The van der Waals surface area contributed by atoms with Crippen molar-refractivity contribution in [2.24, 2.45) is 0 Å². The number of rotatable bonds is 10. The molecule has 0 heterocycles. The highest BCUT2D eigenvalue weighted by Gasteiger charge is 2.10. The molecule has 0 aromatic heterocycles. The highest BCUT2D eigenvalue weighted by molar-refractivity contribution is 5.76. The summed E-state index contributed by atoms with van der Waals surface area (Å²) in [6, 6.07) is 0. The van der Waals surface area contributed by atoms with Gasteiger partial charge in [0.05, 0.1) is 0 Å². The predicted molar refractivity (Wildman–Crippen MR) is 71.1 cm³/mol. The minimum Gasteiger partial charge on any atom is -0.396 e. The topological polar surface area (TPSA) is 69.6 Å². The third kappa shape index (κ3) is 8.98. The maximum Gasteiger partial charge on any atom is 0.222 e. The van der Waals surface area contributed by atoms with Gasteiger partial charge in [-0.05, 0) is 26.2 Å². The maximum absolute atomic E-state index is 11.8. The molecule has 18 heavy (non-hydrogen) atoms. The van der Waals surface area contributed by atoms with Gasteiger partial charge in [-0.2, -0.15) is 0 Å². The summed E-state index contributed by atoms with van der Waals surface area (Å²) in [4.78, 5) is 24.2. The lowest BCUT2D eigenvalue weighted by atomic mass is 10.1. The third-order valence-electron chi connectivity index (χ3n) is 2.76. The van der Waals surface area contributed by atoms with E-state index in [1.165, 1.54) is 6.92 Å². The van der Waals surface area contributed by atoms with Crippen LogP contribution in [-0.2, 0) is 9.59 Å². The Morgan fingerprint density at radius 2 is 1.89 bits per heavy atom. The molecule has 5 heteroatoms. The van der Waals surface area contributed by atoms with Crippen molar-refractivity contribution >= 4 is 11.8 Å². The Kier molecular flexibility index (Phi) is 10.3. The number of unbranched alkanes of at least 4 members (excludes halogenated alkanes) is 2. The first-order chi connectivity index (χ1) is 8.61. The predicted octanol–water partition coefficient (Wildman–Crippen LogP) is 0.914. The number of hydrogen-bond donors (Lipinski definition) is 2. The number of nitrogens with zero attached hydrogens (tertiary/aromatic N) is 1. The lowest BCUT2D eigenvalue weighted by Gasteiger charge is -2.20. The van der Waals surface area contributed by atoms with Crippen LogP contribution in [-0.4, -0.2) is 48.1 Å². The van der Waals surface area contributed by atoms with E-state index in [2.05, 4.69) is 5.32 Å². The molecule has 0 aliphatic rings. The van der Waals surface area contributed by atoms with Crippen LogP contribution in [0.5, 0.6) is 0 Å². The minimum atomic E-state index is -0.00719. The molecule has 0 unspecified atom stereocenters. The van der Waals surface area contributed by atoms with Crippen LogP contribution in [0.2, 0.25) is 0 Å². The molecular weight excluding hydrogens is 232 g/mol. The van der Waals surface area contributed by atoms with Gasteiger partial charge < -0.3 is 15.3 Å². The van der Waals surface area contributed by atoms with Gasteiger partial charge in [-0.1, -0.05) is 6.42 Å². The number of aliphatic hydroxyl groups excluding tert-OH is 1. The molecule has 106 valence electrons. The van der Waals surface area contributed by atoms with Crippen molar-refractivity contribution < 1.29 is 14.7 Å². The second kappa shape index (κ2) is 11.0. The number of carbonyl (C=O) groups is 2. The lowest BCUT2D eigenvalue weighted by molar-refractivity contribution is -0.131. The average Bonchev–Trinajstić information content (AvgIpc) is 2.34. The Morgan fingerprint density at radius 1 is 1.17 bits per heavy atom. The Bertz CT molecular complexity index is 244. The lowest BCUT2D eigenvalue weighted by Crippen LogP contribution is -2.32. The Labute approximate surface area is 110 Å². The fraction of sp³-hybridized carbons (Fsp3) is 0.846. The Balaban J connectivity index is 3.58. The van der Waals surface area contributed by atoms with Gasteiger partial charge in [0.2, 0.25) is 11.8 Å². The van der Waals surface area contributed by atoms with Crippen LogP contribution in [0.25, 0.3) is 0 Å². The van der Waals surface area contributed by atoms with Gasteiger partial charge in [0.1, 0.15) is 0 Å². The van der Waals surface area contributed by atoms with Crippen LogP contribution in [0, 0.1) is 0 Å². The van der Waals surface area contributed by atoms with Crippen LogP contribution < -0.4 is 5.32 Å². The highest BCUT2D eigenvalue weighted by Crippen LogP contribution is 2.04. The molecule has 0 rings (SSSR count). The van der Waals surface area contributed by atoms with Crippen LogP contribution >= 0.6 is 0 Å². The second-order valence-electron chi connectivity index (χ2n) is 4.34. The molecule has 0 atom stereocenters. The van der Waals surface area contributed by atoms with Crippen molar-refractivity contribution in [3.8, 4) is 0 Å². The van der Waals surface area contributed by atoms with Crippen molar-refractivity contribution in [2.45, 2.75) is 46.0 Å². The van der Waals surface area contributed by atoms with Gasteiger partial charge in [-0.3, -0.25) is 9.59 Å². The van der Waals surface area contributed by atoms with E-state index in [0.717, 1.165) is 19.3 Å². The van der Waals surface area contributed by atoms with Gasteiger partial charge in [0.15, 0.2) is 0 Å². The molecule has 0 aliphatic carbocycles. The van der Waals surface area contributed by atoms with Crippen LogP contribution in [0.3, 0.4) is 0 Å². The Hall–Kier alpha value is -1.10. The summed E-state index contributed by atoms with van der Waals surface area (Å²) in [7, 11) is 0. The van der Waals surface area contributed by atoms with E-state index in [9.17, 15) is 9.59 Å². The standard InChI is InChI=1S/C13H26N2O3/c1-3-15(10-7-11-16)13(18)8-5-4-6-9-14-12(2)17/h16H,3-11H2,1-2H3,(H,14,17). The fourth-order valence-electron chi connectivity index (χ4n) is 1.72. The first kappa shape index (κ1) is 16.9. The minimum absolute atomic E-state index is 0.00719. The highest BCUT2D eigenvalue weighted by atomic mass is 16.3. The number of aliphatic hydroxyl groups is 1. The van der Waals surface area contributed by atoms with Gasteiger partial charge in [-0.15, -0.1) is 0 Å². The third-order valence-corrected chi connectivity index (χ3v) is 2.76. The zero-order valence-electron chi connectivity index (χ0n) is 11.6. The van der Waals surface area contributed by atoms with Gasteiger partial charge in [0, 0.05) is 39.6 Å². The summed E-state index contributed by atoms with van der Waals surface area (Å²) in [5, 5.41) is 11.5. The zero-order valence-corrected chi connectivity index (χ0v) is 11.6. The molecule has 2 amide bonds. The van der Waals surface area contributed by atoms with Crippen molar-refractivity contribution in [3.63, 3.8) is 0 Å². The van der Waals surface area contributed by atoms with Crippen molar-refractivity contribution in [3.05, 3.63) is 0 Å². The summed E-state index contributed by atoms with van der Waals surface area (Å²) in [5.74, 6) is 0.151. The number of nitrogens with one attached hydrogen (secondary N) is 1.